The summed E-state index contributed by atoms with van der Waals surface area (Å²) >= 11 is 0. The zero-order valence-electron chi connectivity index (χ0n) is 11.4. The normalized spacial score (nSPS) is 18.8. The van der Waals surface area contributed by atoms with Gasteiger partial charge in [-0.3, -0.25) is 4.90 Å². The van der Waals surface area contributed by atoms with Crippen molar-refractivity contribution in [1.82, 2.24) is 29.7 Å². The van der Waals surface area contributed by atoms with Crippen LogP contribution in [0.5, 0.6) is 0 Å². The number of hydrogen-bond acceptors (Lipinski definition) is 4. The van der Waals surface area contributed by atoms with E-state index in [-0.39, 0.29) is 0 Å². The Balaban J connectivity index is 1.56. The Morgan fingerprint density at radius 3 is 3.16 bits per heavy atom. The minimum atomic E-state index is 0.459. The van der Waals surface area contributed by atoms with Gasteiger partial charge in [0.25, 0.3) is 0 Å². The second-order valence-corrected chi connectivity index (χ2v) is 5.26. The molecule has 1 aliphatic heterocycles. The van der Waals surface area contributed by atoms with Crippen molar-refractivity contribution >= 4 is 0 Å². The SMILES string of the molecule is CN(Cc1nccn1C)CC1Cc2nc[nH]c2CN1. The van der Waals surface area contributed by atoms with Crippen LogP contribution in [-0.2, 0) is 26.6 Å². The molecule has 0 amide bonds. The lowest BCUT2D eigenvalue weighted by Crippen LogP contribution is -2.43. The van der Waals surface area contributed by atoms with Gasteiger partial charge in [-0.05, 0) is 7.05 Å². The Hall–Kier alpha value is -1.66. The molecule has 0 fully saturated rings. The molecule has 0 saturated heterocycles. The minimum Gasteiger partial charge on any atom is -0.347 e. The van der Waals surface area contributed by atoms with Gasteiger partial charge in [-0.25, -0.2) is 9.97 Å². The highest BCUT2D eigenvalue weighted by Gasteiger charge is 2.21. The van der Waals surface area contributed by atoms with Gasteiger partial charge in [0.05, 0.1) is 24.3 Å². The number of nitrogens with zero attached hydrogens (tertiary/aromatic N) is 4. The smallest absolute Gasteiger partial charge is 0.122 e. The third kappa shape index (κ3) is 2.69. The van der Waals surface area contributed by atoms with E-state index in [0.29, 0.717) is 6.04 Å². The van der Waals surface area contributed by atoms with Crippen molar-refractivity contribution in [3.8, 4) is 0 Å². The molecule has 6 heteroatoms. The van der Waals surface area contributed by atoms with Crippen LogP contribution in [0.1, 0.15) is 17.2 Å². The molecule has 1 atom stereocenters. The lowest BCUT2D eigenvalue weighted by molar-refractivity contribution is 0.265. The van der Waals surface area contributed by atoms with Crippen molar-refractivity contribution in [3.05, 3.63) is 35.9 Å². The third-order valence-corrected chi connectivity index (χ3v) is 3.68. The van der Waals surface area contributed by atoms with Gasteiger partial charge in [-0.2, -0.15) is 0 Å². The first-order valence-corrected chi connectivity index (χ1v) is 6.61. The van der Waals surface area contributed by atoms with Gasteiger partial charge < -0.3 is 14.9 Å². The summed E-state index contributed by atoms with van der Waals surface area (Å²) in [4.78, 5) is 14.2. The van der Waals surface area contributed by atoms with Crippen molar-refractivity contribution < 1.29 is 0 Å². The molecule has 102 valence electrons. The van der Waals surface area contributed by atoms with E-state index in [9.17, 15) is 0 Å². The number of rotatable bonds is 4. The summed E-state index contributed by atoms with van der Waals surface area (Å²) in [5.74, 6) is 1.10. The van der Waals surface area contributed by atoms with Gasteiger partial charge in [-0.15, -0.1) is 0 Å². The Kier molecular flexibility index (Phi) is 3.35. The average molecular weight is 260 g/mol. The zero-order valence-corrected chi connectivity index (χ0v) is 11.4. The van der Waals surface area contributed by atoms with Gasteiger partial charge in [0, 0.05) is 45.0 Å². The fourth-order valence-electron chi connectivity index (χ4n) is 2.59. The summed E-state index contributed by atoms with van der Waals surface area (Å²) in [7, 11) is 4.17. The van der Waals surface area contributed by atoms with Crippen LogP contribution in [0, 0.1) is 0 Å². The quantitative estimate of drug-likeness (QED) is 0.829. The lowest BCUT2D eigenvalue weighted by atomic mass is 10.1. The summed E-state index contributed by atoms with van der Waals surface area (Å²) in [6.07, 6.45) is 6.60. The van der Waals surface area contributed by atoms with E-state index in [0.717, 1.165) is 31.9 Å². The van der Waals surface area contributed by atoms with Gasteiger partial charge in [0.2, 0.25) is 0 Å². The van der Waals surface area contributed by atoms with Gasteiger partial charge in [0.1, 0.15) is 5.82 Å². The van der Waals surface area contributed by atoms with Crippen LogP contribution >= 0.6 is 0 Å². The lowest BCUT2D eigenvalue weighted by Gasteiger charge is -2.27. The Morgan fingerprint density at radius 1 is 1.47 bits per heavy atom. The number of nitrogens with one attached hydrogen (secondary N) is 2. The Morgan fingerprint density at radius 2 is 2.37 bits per heavy atom. The van der Waals surface area contributed by atoms with E-state index in [1.165, 1.54) is 11.4 Å². The molecule has 0 aromatic carbocycles. The molecule has 0 aliphatic carbocycles. The highest BCUT2D eigenvalue weighted by Crippen LogP contribution is 2.13. The second kappa shape index (κ2) is 5.14. The van der Waals surface area contributed by atoms with Crippen molar-refractivity contribution in [2.45, 2.75) is 25.6 Å². The Labute approximate surface area is 112 Å². The number of imidazole rings is 2. The molecule has 3 heterocycles. The van der Waals surface area contributed by atoms with E-state index in [1.807, 2.05) is 19.4 Å². The van der Waals surface area contributed by atoms with Crippen LogP contribution in [0.4, 0.5) is 0 Å². The molecule has 6 nitrogen and oxygen atoms in total. The number of aromatic amines is 1. The van der Waals surface area contributed by atoms with Crippen LogP contribution in [0.3, 0.4) is 0 Å². The van der Waals surface area contributed by atoms with Gasteiger partial charge >= 0.3 is 0 Å². The standard InChI is InChI=1S/C13H20N6/c1-18(8-13-14-3-4-19(13)2)7-10-5-11-12(6-15-10)17-9-16-11/h3-4,9-10,15H,5-8H2,1-2H3,(H,16,17). The first-order chi connectivity index (χ1) is 9.22. The summed E-state index contributed by atoms with van der Waals surface area (Å²) in [6.45, 7) is 2.75. The van der Waals surface area contributed by atoms with Gasteiger partial charge in [-0.1, -0.05) is 0 Å². The monoisotopic (exact) mass is 260 g/mol. The summed E-state index contributed by atoms with van der Waals surface area (Å²) in [5, 5.41) is 3.55. The van der Waals surface area contributed by atoms with Crippen LogP contribution < -0.4 is 5.32 Å². The number of fused-ring (bicyclic) bond motifs is 1. The van der Waals surface area contributed by atoms with E-state index < -0.39 is 0 Å². The highest BCUT2D eigenvalue weighted by atomic mass is 15.2. The molecule has 2 aromatic rings. The fraction of sp³-hybridized carbons (Fsp3) is 0.538. The molecule has 0 spiro atoms. The number of H-pyrrole nitrogens is 1. The second-order valence-electron chi connectivity index (χ2n) is 5.26. The Bertz CT molecular complexity index is 543. The molecule has 3 rings (SSSR count). The van der Waals surface area contributed by atoms with Crippen LogP contribution in [0.15, 0.2) is 18.7 Å². The number of hydrogen-bond donors (Lipinski definition) is 2. The molecule has 0 bridgehead atoms. The van der Waals surface area contributed by atoms with Crippen molar-refractivity contribution in [2.24, 2.45) is 7.05 Å². The van der Waals surface area contributed by atoms with Crippen LogP contribution in [0.2, 0.25) is 0 Å². The molecule has 19 heavy (non-hydrogen) atoms. The highest BCUT2D eigenvalue weighted by molar-refractivity contribution is 5.16. The van der Waals surface area contributed by atoms with E-state index in [1.54, 1.807) is 6.33 Å². The summed E-state index contributed by atoms with van der Waals surface area (Å²) in [5.41, 5.74) is 2.43. The average Bonchev–Trinajstić information content (AvgIpc) is 2.98. The minimum absolute atomic E-state index is 0.459. The van der Waals surface area contributed by atoms with E-state index in [4.69, 9.17) is 0 Å². The van der Waals surface area contributed by atoms with E-state index >= 15 is 0 Å². The summed E-state index contributed by atoms with van der Waals surface area (Å²) < 4.78 is 2.07. The largest absolute Gasteiger partial charge is 0.347 e. The number of likely N-dealkylation sites (N-methyl/N-ethyl adjacent to an activating group) is 1. The van der Waals surface area contributed by atoms with Crippen LogP contribution in [-0.4, -0.2) is 44.1 Å². The molecule has 1 aliphatic rings. The summed E-state index contributed by atoms with van der Waals surface area (Å²) in [6, 6.07) is 0.459. The maximum Gasteiger partial charge on any atom is 0.122 e. The predicted octanol–water partition coefficient (Wildman–Crippen LogP) is 0.289. The predicted molar refractivity (Wildman–Crippen MR) is 72.5 cm³/mol. The topological polar surface area (TPSA) is 61.8 Å². The van der Waals surface area contributed by atoms with Crippen molar-refractivity contribution in [3.63, 3.8) is 0 Å². The molecule has 0 saturated carbocycles. The first kappa shape index (κ1) is 12.4. The van der Waals surface area contributed by atoms with Crippen molar-refractivity contribution in [1.29, 1.82) is 0 Å². The first-order valence-electron chi connectivity index (χ1n) is 6.61. The number of aromatic nitrogens is 4. The van der Waals surface area contributed by atoms with E-state index in [2.05, 4.69) is 36.8 Å². The molecule has 2 N–H and O–H groups in total. The van der Waals surface area contributed by atoms with Gasteiger partial charge in [0.15, 0.2) is 0 Å². The van der Waals surface area contributed by atoms with Crippen molar-refractivity contribution in [2.75, 3.05) is 13.6 Å². The fourth-order valence-corrected chi connectivity index (χ4v) is 2.59. The molecular formula is C13H20N6. The molecular weight excluding hydrogens is 240 g/mol. The number of aryl methyl sites for hydroxylation is 1. The molecule has 1 unspecified atom stereocenters. The van der Waals surface area contributed by atoms with Crippen LogP contribution in [0.25, 0.3) is 0 Å². The zero-order chi connectivity index (χ0) is 13.2. The maximum atomic E-state index is 4.37. The maximum absolute atomic E-state index is 4.37. The third-order valence-electron chi connectivity index (χ3n) is 3.68. The molecule has 0 radical (unpaired) electrons. The molecule has 2 aromatic heterocycles.